The minimum atomic E-state index is -0.675. The van der Waals surface area contributed by atoms with Crippen LogP contribution in [0.25, 0.3) is 0 Å². The van der Waals surface area contributed by atoms with Crippen molar-refractivity contribution in [2.75, 3.05) is 13.2 Å². The SMILES string of the molecule is CCC/C=C\C/C=C\CCCCCCCC(=O)OCCCCCCCCCCC/C=C\CCCCCCCC(=O)NC(CO)C(O)CCCCCCCCCCCCCCCCCCCCCCCCC. The van der Waals surface area contributed by atoms with Gasteiger partial charge in [-0.15, -0.1) is 0 Å². The molecule has 0 radical (unpaired) electrons. The molecule has 0 aliphatic heterocycles. The highest BCUT2D eigenvalue weighted by Crippen LogP contribution is 2.18. The van der Waals surface area contributed by atoms with Crippen molar-refractivity contribution in [2.24, 2.45) is 0 Å². The largest absolute Gasteiger partial charge is 0.466 e. The number of rotatable bonds is 59. The highest BCUT2D eigenvalue weighted by Gasteiger charge is 2.20. The second-order valence-corrected chi connectivity index (χ2v) is 21.7. The number of unbranched alkanes of at least 4 members (excludes halogenated alkanes) is 42. The first-order valence-corrected chi connectivity index (χ1v) is 31.7. The first-order valence-electron chi connectivity index (χ1n) is 31.7. The fraction of sp³-hybridized carbons (Fsp3) is 0.877. The molecule has 0 fully saturated rings. The molecule has 71 heavy (non-hydrogen) atoms. The summed E-state index contributed by atoms with van der Waals surface area (Å²) in [5.41, 5.74) is 0. The Morgan fingerprint density at radius 2 is 0.732 bits per heavy atom. The first kappa shape index (κ1) is 69.1. The van der Waals surface area contributed by atoms with Crippen molar-refractivity contribution in [3.63, 3.8) is 0 Å². The third-order valence-corrected chi connectivity index (χ3v) is 14.6. The number of ether oxygens (including phenoxy) is 1. The van der Waals surface area contributed by atoms with E-state index >= 15 is 0 Å². The van der Waals surface area contributed by atoms with E-state index in [1.165, 1.54) is 238 Å². The van der Waals surface area contributed by atoms with E-state index in [0.29, 0.717) is 25.9 Å². The second kappa shape index (κ2) is 60.6. The van der Waals surface area contributed by atoms with Crippen LogP contribution in [0.3, 0.4) is 0 Å². The summed E-state index contributed by atoms with van der Waals surface area (Å²) in [6.07, 6.45) is 75.8. The third-order valence-electron chi connectivity index (χ3n) is 14.6. The zero-order chi connectivity index (χ0) is 51.4. The monoisotopic (exact) mass is 998 g/mol. The molecule has 6 heteroatoms. The number of esters is 1. The van der Waals surface area contributed by atoms with Gasteiger partial charge in [-0.25, -0.2) is 0 Å². The molecule has 0 aliphatic carbocycles. The molecule has 0 rings (SSSR count). The van der Waals surface area contributed by atoms with Gasteiger partial charge in [0.25, 0.3) is 0 Å². The van der Waals surface area contributed by atoms with Crippen molar-refractivity contribution >= 4 is 11.9 Å². The topological polar surface area (TPSA) is 95.9 Å². The molecule has 0 aromatic carbocycles. The van der Waals surface area contributed by atoms with E-state index in [2.05, 4.69) is 55.6 Å². The molecule has 418 valence electrons. The number of carbonyl (C=O) groups is 2. The smallest absolute Gasteiger partial charge is 0.305 e. The van der Waals surface area contributed by atoms with Gasteiger partial charge in [0.2, 0.25) is 5.91 Å². The van der Waals surface area contributed by atoms with Gasteiger partial charge in [0.1, 0.15) is 0 Å². The molecule has 1 amide bonds. The highest BCUT2D eigenvalue weighted by molar-refractivity contribution is 5.76. The normalized spacial score (nSPS) is 12.8. The molecule has 0 aliphatic rings. The van der Waals surface area contributed by atoms with Gasteiger partial charge in [-0.1, -0.05) is 288 Å². The Labute approximate surface area is 443 Å². The zero-order valence-corrected chi connectivity index (χ0v) is 47.7. The van der Waals surface area contributed by atoms with Gasteiger partial charge in [0, 0.05) is 12.8 Å². The molecule has 0 heterocycles. The Balaban J connectivity index is 3.45. The maximum atomic E-state index is 12.5. The molecule has 6 nitrogen and oxygen atoms in total. The minimum absolute atomic E-state index is 0.0120. The van der Waals surface area contributed by atoms with E-state index in [-0.39, 0.29) is 18.5 Å². The molecule has 2 atom stereocenters. The van der Waals surface area contributed by atoms with Crippen LogP contribution in [-0.4, -0.2) is 47.4 Å². The molecular weight excluding hydrogens is 875 g/mol. The van der Waals surface area contributed by atoms with Crippen LogP contribution >= 0.6 is 0 Å². The number of carbonyl (C=O) groups excluding carboxylic acids is 2. The fourth-order valence-corrected chi connectivity index (χ4v) is 9.79. The number of amides is 1. The van der Waals surface area contributed by atoms with Gasteiger partial charge in [0.05, 0.1) is 25.4 Å². The van der Waals surface area contributed by atoms with E-state index in [4.69, 9.17) is 4.74 Å². The summed E-state index contributed by atoms with van der Waals surface area (Å²) in [5, 5.41) is 23.4. The van der Waals surface area contributed by atoms with E-state index in [1.54, 1.807) is 0 Å². The van der Waals surface area contributed by atoms with E-state index < -0.39 is 12.1 Å². The van der Waals surface area contributed by atoms with Gasteiger partial charge in [-0.05, 0) is 77.0 Å². The van der Waals surface area contributed by atoms with Crippen molar-refractivity contribution < 1.29 is 24.5 Å². The van der Waals surface area contributed by atoms with Gasteiger partial charge in [0.15, 0.2) is 0 Å². The Morgan fingerprint density at radius 1 is 0.394 bits per heavy atom. The number of aliphatic hydroxyl groups is 2. The van der Waals surface area contributed by atoms with Crippen LogP contribution in [0, 0.1) is 0 Å². The van der Waals surface area contributed by atoms with Crippen LogP contribution in [0.1, 0.15) is 341 Å². The third kappa shape index (κ3) is 57.2. The molecule has 0 aromatic heterocycles. The van der Waals surface area contributed by atoms with Crippen LogP contribution < -0.4 is 5.32 Å². The van der Waals surface area contributed by atoms with Gasteiger partial charge in [-0.3, -0.25) is 9.59 Å². The van der Waals surface area contributed by atoms with Crippen molar-refractivity contribution in [2.45, 2.75) is 353 Å². The van der Waals surface area contributed by atoms with E-state index in [9.17, 15) is 19.8 Å². The number of allylic oxidation sites excluding steroid dienone is 6. The van der Waals surface area contributed by atoms with Crippen LogP contribution in [0.2, 0.25) is 0 Å². The van der Waals surface area contributed by atoms with Gasteiger partial charge < -0.3 is 20.3 Å². The maximum absolute atomic E-state index is 12.5. The molecule has 2 unspecified atom stereocenters. The first-order chi connectivity index (χ1) is 35.0. The molecule has 3 N–H and O–H groups in total. The standard InChI is InChI=1S/C65H123NO5/c1-3-5-7-9-11-13-15-17-18-19-20-21-22-23-24-27-30-34-37-41-45-49-53-57-63(68)62(61-67)66-64(69)58-54-50-46-42-38-35-31-28-25-26-29-32-36-40-44-48-52-56-60-71-65(70)59-55-51-47-43-39-33-16-14-12-10-8-6-4-2/h8,10,14,16,28,31,62-63,67-68H,3-7,9,11-13,15,17-27,29-30,32-61H2,1-2H3,(H,66,69)/b10-8-,16-14-,31-28-. The predicted molar refractivity (Wildman–Crippen MR) is 310 cm³/mol. The van der Waals surface area contributed by atoms with Crippen LogP contribution in [0.5, 0.6) is 0 Å². The quantitative estimate of drug-likeness (QED) is 0.0321. The number of aliphatic hydroxyl groups excluding tert-OH is 2. The lowest BCUT2D eigenvalue weighted by Crippen LogP contribution is -2.45. The Hall–Kier alpha value is -1.92. The average molecular weight is 999 g/mol. The molecule has 0 saturated heterocycles. The summed E-state index contributed by atoms with van der Waals surface area (Å²) in [4.78, 5) is 24.5. The Bertz CT molecular complexity index is 1150. The molecule has 0 aromatic rings. The minimum Gasteiger partial charge on any atom is -0.466 e. The predicted octanol–water partition coefficient (Wildman–Crippen LogP) is 20.0. The van der Waals surface area contributed by atoms with E-state index in [1.807, 2.05) is 0 Å². The number of hydrogen-bond donors (Lipinski definition) is 3. The van der Waals surface area contributed by atoms with Crippen molar-refractivity contribution in [1.29, 1.82) is 0 Å². The van der Waals surface area contributed by atoms with Crippen molar-refractivity contribution in [3.8, 4) is 0 Å². The van der Waals surface area contributed by atoms with Gasteiger partial charge >= 0.3 is 5.97 Å². The Kier molecular flexibility index (Phi) is 59.0. The summed E-state index contributed by atoms with van der Waals surface area (Å²) >= 11 is 0. The molecule has 0 saturated carbocycles. The van der Waals surface area contributed by atoms with E-state index in [0.717, 1.165) is 70.6 Å². The molecular formula is C65H123NO5. The number of hydrogen-bond acceptors (Lipinski definition) is 5. The van der Waals surface area contributed by atoms with Crippen LogP contribution in [0.4, 0.5) is 0 Å². The lowest BCUT2D eigenvalue weighted by Gasteiger charge is -2.22. The summed E-state index contributed by atoms with van der Waals surface area (Å²) in [6, 6.07) is -0.554. The lowest BCUT2D eigenvalue weighted by molar-refractivity contribution is -0.143. The van der Waals surface area contributed by atoms with Crippen molar-refractivity contribution in [1.82, 2.24) is 5.32 Å². The molecule has 0 bridgehead atoms. The average Bonchev–Trinajstić information content (AvgIpc) is 3.37. The summed E-state index contributed by atoms with van der Waals surface area (Å²) in [6.45, 7) is 4.89. The highest BCUT2D eigenvalue weighted by atomic mass is 16.5. The molecule has 0 spiro atoms. The van der Waals surface area contributed by atoms with Gasteiger partial charge in [-0.2, -0.15) is 0 Å². The maximum Gasteiger partial charge on any atom is 0.305 e. The lowest BCUT2D eigenvalue weighted by atomic mass is 10.0. The summed E-state index contributed by atoms with van der Waals surface area (Å²) in [7, 11) is 0. The number of nitrogens with one attached hydrogen (secondary N) is 1. The van der Waals surface area contributed by atoms with Crippen molar-refractivity contribution in [3.05, 3.63) is 36.5 Å². The second-order valence-electron chi connectivity index (χ2n) is 21.7. The Morgan fingerprint density at radius 3 is 1.14 bits per heavy atom. The fourth-order valence-electron chi connectivity index (χ4n) is 9.79. The van der Waals surface area contributed by atoms with Crippen LogP contribution in [-0.2, 0) is 14.3 Å². The zero-order valence-electron chi connectivity index (χ0n) is 47.7. The summed E-state index contributed by atoms with van der Waals surface area (Å²) < 4.78 is 5.46. The summed E-state index contributed by atoms with van der Waals surface area (Å²) in [5.74, 6) is -0.0586. The van der Waals surface area contributed by atoms with Crippen LogP contribution in [0.15, 0.2) is 36.5 Å².